The average molecular weight is 350 g/mol. The van der Waals surface area contributed by atoms with E-state index in [1.807, 2.05) is 36.3 Å². The van der Waals surface area contributed by atoms with E-state index in [4.69, 9.17) is 4.98 Å². The molecule has 3 heterocycles. The van der Waals surface area contributed by atoms with Crippen molar-refractivity contribution in [3.8, 4) is 0 Å². The van der Waals surface area contributed by atoms with Crippen LogP contribution in [0.2, 0.25) is 0 Å². The van der Waals surface area contributed by atoms with Gasteiger partial charge in [-0.3, -0.25) is 9.69 Å². The smallest absolute Gasteiger partial charge is 0.238 e. The van der Waals surface area contributed by atoms with E-state index in [9.17, 15) is 4.79 Å². The Morgan fingerprint density at radius 3 is 2.85 bits per heavy atom. The second-order valence-electron chi connectivity index (χ2n) is 7.84. The van der Waals surface area contributed by atoms with Crippen molar-refractivity contribution in [2.45, 2.75) is 44.6 Å². The maximum atomic E-state index is 13.2. The van der Waals surface area contributed by atoms with Gasteiger partial charge < -0.3 is 4.90 Å². The van der Waals surface area contributed by atoms with E-state index in [0.717, 1.165) is 49.7 Å². The van der Waals surface area contributed by atoms with Crippen LogP contribution in [-0.4, -0.2) is 40.9 Å². The number of anilines is 1. The summed E-state index contributed by atoms with van der Waals surface area (Å²) in [7, 11) is 1.90. The van der Waals surface area contributed by atoms with E-state index in [0.29, 0.717) is 5.92 Å². The first-order valence-corrected chi connectivity index (χ1v) is 9.43. The number of hydrogen-bond donors (Lipinski definition) is 0. The summed E-state index contributed by atoms with van der Waals surface area (Å²) in [6.07, 6.45) is 3.79. The Bertz CT molecular complexity index is 834. The third kappa shape index (κ3) is 2.71. The second-order valence-corrected chi connectivity index (χ2v) is 7.84. The summed E-state index contributed by atoms with van der Waals surface area (Å²) in [6.45, 7) is 6.75. The number of aromatic nitrogens is 2. The number of piperidine rings is 1. The average Bonchev–Trinajstić information content (AvgIpc) is 2.85. The third-order valence-electron chi connectivity index (χ3n) is 5.70. The Morgan fingerprint density at radius 2 is 2.04 bits per heavy atom. The molecule has 0 bridgehead atoms. The molecule has 136 valence electrons. The number of amides is 1. The van der Waals surface area contributed by atoms with Crippen LogP contribution in [0.1, 0.15) is 49.7 Å². The zero-order valence-corrected chi connectivity index (χ0v) is 15.8. The van der Waals surface area contributed by atoms with Gasteiger partial charge in [0.25, 0.3) is 0 Å². The zero-order valence-electron chi connectivity index (χ0n) is 15.8. The molecule has 4 rings (SSSR count). The minimum absolute atomic E-state index is 0.231. The molecule has 2 aromatic rings. The number of hydrogen-bond acceptors (Lipinski definition) is 4. The highest BCUT2D eigenvalue weighted by atomic mass is 16.2. The van der Waals surface area contributed by atoms with Crippen molar-refractivity contribution in [3.63, 3.8) is 0 Å². The fraction of sp³-hybridized carbons (Fsp3) is 0.476. The van der Waals surface area contributed by atoms with Crippen molar-refractivity contribution in [2.75, 3.05) is 25.0 Å². The van der Waals surface area contributed by atoms with Gasteiger partial charge in [0.05, 0.1) is 11.1 Å². The van der Waals surface area contributed by atoms with Gasteiger partial charge in [0, 0.05) is 37.9 Å². The largest absolute Gasteiger partial charge is 0.314 e. The first-order chi connectivity index (χ1) is 12.5. The number of nitrogens with zero attached hydrogens (tertiary/aromatic N) is 4. The summed E-state index contributed by atoms with van der Waals surface area (Å²) in [5, 5.41) is 0. The predicted octanol–water partition coefficient (Wildman–Crippen LogP) is 3.11. The fourth-order valence-corrected chi connectivity index (χ4v) is 4.40. The summed E-state index contributed by atoms with van der Waals surface area (Å²) < 4.78 is 0. The monoisotopic (exact) mass is 350 g/mol. The van der Waals surface area contributed by atoms with Gasteiger partial charge in [0.2, 0.25) is 5.91 Å². The maximum Gasteiger partial charge on any atom is 0.238 e. The lowest BCUT2D eigenvalue weighted by Gasteiger charge is -2.39. The quantitative estimate of drug-likeness (QED) is 0.853. The lowest BCUT2D eigenvalue weighted by atomic mass is 9.75. The molecule has 5 nitrogen and oxygen atoms in total. The summed E-state index contributed by atoms with van der Waals surface area (Å²) in [5.41, 5.74) is 2.87. The normalized spacial score (nSPS) is 23.1. The topological polar surface area (TPSA) is 49.3 Å². The summed E-state index contributed by atoms with van der Waals surface area (Å²) in [5.74, 6) is 1.43. The van der Waals surface area contributed by atoms with Gasteiger partial charge in [-0.2, -0.15) is 0 Å². The summed E-state index contributed by atoms with van der Waals surface area (Å²) in [6, 6.07) is 10.2. The van der Waals surface area contributed by atoms with Crippen molar-refractivity contribution >= 4 is 11.6 Å². The van der Waals surface area contributed by atoms with Crippen LogP contribution >= 0.6 is 0 Å². The number of fused-ring (bicyclic) bond motifs is 2. The molecule has 26 heavy (non-hydrogen) atoms. The second kappa shape index (κ2) is 6.47. The van der Waals surface area contributed by atoms with Crippen LogP contribution in [0, 0.1) is 0 Å². The predicted molar refractivity (Wildman–Crippen MR) is 102 cm³/mol. The van der Waals surface area contributed by atoms with E-state index >= 15 is 0 Å². The van der Waals surface area contributed by atoms with Gasteiger partial charge >= 0.3 is 0 Å². The van der Waals surface area contributed by atoms with Gasteiger partial charge in [-0.15, -0.1) is 0 Å². The van der Waals surface area contributed by atoms with Crippen LogP contribution in [0.5, 0.6) is 0 Å². The molecule has 0 radical (unpaired) electrons. The Morgan fingerprint density at radius 1 is 1.23 bits per heavy atom. The lowest BCUT2D eigenvalue weighted by molar-refractivity contribution is -0.125. The number of carbonyl (C=O) groups excluding carboxylic acids is 1. The molecular weight excluding hydrogens is 324 g/mol. The maximum absolute atomic E-state index is 13.2. The fourth-order valence-electron chi connectivity index (χ4n) is 4.40. The molecule has 2 aliphatic rings. The van der Waals surface area contributed by atoms with E-state index in [2.05, 4.69) is 35.9 Å². The molecule has 1 fully saturated rings. The van der Waals surface area contributed by atoms with Crippen molar-refractivity contribution in [1.29, 1.82) is 0 Å². The molecule has 1 saturated heterocycles. The molecule has 1 atom stereocenters. The van der Waals surface area contributed by atoms with E-state index in [-0.39, 0.29) is 5.91 Å². The molecule has 2 aliphatic heterocycles. The van der Waals surface area contributed by atoms with Crippen molar-refractivity contribution in [2.24, 2.45) is 0 Å². The van der Waals surface area contributed by atoms with Gasteiger partial charge in [-0.05, 0) is 37.1 Å². The molecule has 0 aliphatic carbocycles. The minimum atomic E-state index is -0.405. The zero-order chi connectivity index (χ0) is 18.3. The highest BCUT2D eigenvalue weighted by Gasteiger charge is 2.51. The third-order valence-corrected chi connectivity index (χ3v) is 5.70. The highest BCUT2D eigenvalue weighted by Crippen LogP contribution is 2.46. The number of para-hydroxylation sites is 1. The van der Waals surface area contributed by atoms with Crippen LogP contribution < -0.4 is 4.90 Å². The summed E-state index contributed by atoms with van der Waals surface area (Å²) >= 11 is 0. The Hall–Kier alpha value is -2.27. The van der Waals surface area contributed by atoms with Crippen LogP contribution in [0.15, 0.2) is 36.5 Å². The molecule has 1 amide bonds. The van der Waals surface area contributed by atoms with E-state index < -0.39 is 5.41 Å². The molecular formula is C21H26N4O. The van der Waals surface area contributed by atoms with Crippen LogP contribution in [0.4, 0.5) is 5.69 Å². The summed E-state index contributed by atoms with van der Waals surface area (Å²) in [4.78, 5) is 26.4. The number of rotatable bonds is 3. The number of carbonyl (C=O) groups is 1. The van der Waals surface area contributed by atoms with Gasteiger partial charge in [0.15, 0.2) is 0 Å². The molecule has 0 N–H and O–H groups in total. The van der Waals surface area contributed by atoms with E-state index in [1.54, 1.807) is 0 Å². The molecule has 1 spiro atoms. The Labute approximate surface area is 155 Å². The van der Waals surface area contributed by atoms with Crippen LogP contribution in [0.25, 0.3) is 0 Å². The highest BCUT2D eigenvalue weighted by molar-refractivity contribution is 6.08. The molecule has 5 heteroatoms. The SMILES string of the molecule is CC(C)c1nccc(CN2CCC[C@]3(C2)C(=O)N(C)c2ccccc23)n1. The number of benzene rings is 1. The standard InChI is InChI=1S/C21H26N4O/c1-15(2)19-22-11-9-16(23-19)13-25-12-6-10-21(14-25)17-7-4-5-8-18(17)24(3)20(21)26/h4-5,7-9,11,15H,6,10,12-14H2,1-3H3/t21-/m1/s1. The van der Waals surface area contributed by atoms with Crippen molar-refractivity contribution in [1.82, 2.24) is 14.9 Å². The van der Waals surface area contributed by atoms with Crippen molar-refractivity contribution < 1.29 is 4.79 Å². The first-order valence-electron chi connectivity index (χ1n) is 9.43. The van der Waals surface area contributed by atoms with Gasteiger partial charge in [-0.25, -0.2) is 9.97 Å². The Balaban J connectivity index is 1.61. The van der Waals surface area contributed by atoms with Crippen LogP contribution in [0.3, 0.4) is 0 Å². The number of likely N-dealkylation sites (N-methyl/N-ethyl adjacent to an activating group) is 1. The van der Waals surface area contributed by atoms with Crippen molar-refractivity contribution in [3.05, 3.63) is 53.6 Å². The molecule has 1 aromatic carbocycles. The Kier molecular flexibility index (Phi) is 4.27. The van der Waals surface area contributed by atoms with E-state index in [1.165, 1.54) is 5.56 Å². The van der Waals surface area contributed by atoms with Gasteiger partial charge in [0.1, 0.15) is 5.82 Å². The number of likely N-dealkylation sites (tertiary alicyclic amines) is 1. The molecule has 1 aromatic heterocycles. The minimum Gasteiger partial charge on any atom is -0.314 e. The lowest BCUT2D eigenvalue weighted by Crippen LogP contribution is -2.51. The van der Waals surface area contributed by atoms with Crippen LogP contribution in [-0.2, 0) is 16.8 Å². The molecule has 0 saturated carbocycles. The van der Waals surface area contributed by atoms with Gasteiger partial charge in [-0.1, -0.05) is 32.0 Å². The molecule has 0 unspecified atom stereocenters. The first kappa shape index (κ1) is 17.2.